The number of nitrogens with zero attached hydrogens (tertiary/aromatic N) is 3. The van der Waals surface area contributed by atoms with Crippen LogP contribution < -0.4 is 4.90 Å². The minimum absolute atomic E-state index is 0.0699. The quantitative estimate of drug-likeness (QED) is 0.743. The molecule has 0 aliphatic heterocycles. The summed E-state index contributed by atoms with van der Waals surface area (Å²) in [5.74, 6) is 0.964. The highest BCUT2D eigenvalue weighted by Crippen LogP contribution is 2.20. The van der Waals surface area contributed by atoms with E-state index in [-0.39, 0.29) is 5.91 Å². The van der Waals surface area contributed by atoms with Gasteiger partial charge in [0, 0.05) is 23.9 Å². The van der Waals surface area contributed by atoms with Gasteiger partial charge in [-0.05, 0) is 43.3 Å². The fraction of sp³-hybridized carbons (Fsp3) is 0.118. The van der Waals surface area contributed by atoms with E-state index >= 15 is 0 Å². The Labute approximate surface area is 128 Å². The van der Waals surface area contributed by atoms with Crippen molar-refractivity contribution < 1.29 is 9.32 Å². The van der Waals surface area contributed by atoms with E-state index in [9.17, 15) is 4.79 Å². The molecule has 5 nitrogen and oxygen atoms in total. The normalized spacial score (nSPS) is 10.5. The Bertz CT molecular complexity index is 779. The van der Waals surface area contributed by atoms with Gasteiger partial charge in [0.15, 0.2) is 5.82 Å². The third-order valence-corrected chi connectivity index (χ3v) is 3.35. The number of carbonyl (C=O) groups is 1. The van der Waals surface area contributed by atoms with Crippen molar-refractivity contribution in [3.05, 3.63) is 66.0 Å². The number of anilines is 1. The molecular weight excluding hydrogens is 278 g/mol. The summed E-state index contributed by atoms with van der Waals surface area (Å²) in [6, 6.07) is 16.6. The van der Waals surface area contributed by atoms with Crippen LogP contribution in [0.2, 0.25) is 0 Å². The second-order valence-corrected chi connectivity index (χ2v) is 4.92. The van der Waals surface area contributed by atoms with Gasteiger partial charge in [-0.1, -0.05) is 23.4 Å². The maximum Gasteiger partial charge on any atom is 0.258 e. The molecule has 0 unspecified atom stereocenters. The zero-order valence-corrected chi connectivity index (χ0v) is 12.4. The molecule has 1 amide bonds. The average Bonchev–Trinajstić information content (AvgIpc) is 3.01. The Balaban J connectivity index is 1.82. The predicted molar refractivity (Wildman–Crippen MR) is 83.6 cm³/mol. The molecule has 110 valence electrons. The van der Waals surface area contributed by atoms with Crippen LogP contribution >= 0.6 is 0 Å². The number of benzene rings is 2. The lowest BCUT2D eigenvalue weighted by molar-refractivity contribution is 0.0993. The summed E-state index contributed by atoms with van der Waals surface area (Å²) in [7, 11) is 1.76. The van der Waals surface area contributed by atoms with E-state index in [4.69, 9.17) is 4.52 Å². The van der Waals surface area contributed by atoms with Gasteiger partial charge in [0.2, 0.25) is 0 Å². The second-order valence-electron chi connectivity index (χ2n) is 4.92. The lowest BCUT2D eigenvalue weighted by atomic mass is 10.1. The molecule has 1 aromatic heterocycles. The molecular formula is C17H15N3O2. The number of hydrogen-bond donors (Lipinski definition) is 0. The first-order valence-corrected chi connectivity index (χ1v) is 6.89. The summed E-state index contributed by atoms with van der Waals surface area (Å²) >= 11 is 0. The number of carbonyl (C=O) groups excluding carboxylic acids is 1. The molecule has 1 heterocycles. The van der Waals surface area contributed by atoms with Gasteiger partial charge in [-0.25, -0.2) is 0 Å². The summed E-state index contributed by atoms with van der Waals surface area (Å²) in [5.41, 5.74) is 2.25. The molecule has 0 aliphatic carbocycles. The zero-order chi connectivity index (χ0) is 15.5. The lowest BCUT2D eigenvalue weighted by Crippen LogP contribution is -2.25. The SMILES string of the molecule is Cc1noc(-c2ccc(C(=O)N(C)c3ccccc3)cc2)n1. The third kappa shape index (κ3) is 2.74. The highest BCUT2D eigenvalue weighted by Gasteiger charge is 2.14. The van der Waals surface area contributed by atoms with E-state index in [2.05, 4.69) is 10.1 Å². The number of aryl methyl sites for hydroxylation is 1. The van der Waals surface area contributed by atoms with E-state index in [0.717, 1.165) is 11.3 Å². The van der Waals surface area contributed by atoms with Crippen molar-refractivity contribution in [2.24, 2.45) is 0 Å². The minimum atomic E-state index is -0.0699. The predicted octanol–water partition coefficient (Wildman–Crippen LogP) is 3.32. The van der Waals surface area contributed by atoms with Crippen LogP contribution in [-0.4, -0.2) is 23.1 Å². The highest BCUT2D eigenvalue weighted by atomic mass is 16.5. The number of aromatic nitrogens is 2. The summed E-state index contributed by atoms with van der Waals surface area (Å²) in [6.07, 6.45) is 0. The van der Waals surface area contributed by atoms with Crippen LogP contribution in [0.5, 0.6) is 0 Å². The molecule has 5 heteroatoms. The van der Waals surface area contributed by atoms with Gasteiger partial charge in [0.25, 0.3) is 11.8 Å². The summed E-state index contributed by atoms with van der Waals surface area (Å²) in [4.78, 5) is 18.3. The van der Waals surface area contributed by atoms with E-state index in [1.54, 1.807) is 43.1 Å². The molecule has 0 N–H and O–H groups in total. The van der Waals surface area contributed by atoms with E-state index in [1.807, 2.05) is 30.3 Å². The van der Waals surface area contributed by atoms with Crippen molar-refractivity contribution >= 4 is 11.6 Å². The van der Waals surface area contributed by atoms with Crippen LogP contribution in [0, 0.1) is 6.92 Å². The Kier molecular flexibility index (Phi) is 3.70. The largest absolute Gasteiger partial charge is 0.334 e. The van der Waals surface area contributed by atoms with Crippen LogP contribution in [0.3, 0.4) is 0 Å². The van der Waals surface area contributed by atoms with Crippen LogP contribution in [0.1, 0.15) is 16.2 Å². The lowest BCUT2D eigenvalue weighted by Gasteiger charge is -2.17. The maximum atomic E-state index is 12.5. The molecule has 0 spiro atoms. The van der Waals surface area contributed by atoms with Gasteiger partial charge in [-0.15, -0.1) is 0 Å². The fourth-order valence-corrected chi connectivity index (χ4v) is 2.13. The van der Waals surface area contributed by atoms with Crippen molar-refractivity contribution in [1.82, 2.24) is 10.1 Å². The monoisotopic (exact) mass is 293 g/mol. The van der Waals surface area contributed by atoms with E-state index in [1.165, 1.54) is 0 Å². The fourth-order valence-electron chi connectivity index (χ4n) is 2.13. The summed E-state index contributed by atoms with van der Waals surface area (Å²) in [5, 5.41) is 3.76. The number of amides is 1. The molecule has 3 rings (SSSR count). The maximum absolute atomic E-state index is 12.5. The topological polar surface area (TPSA) is 59.2 Å². The molecule has 0 saturated carbocycles. The Hall–Kier alpha value is -2.95. The van der Waals surface area contributed by atoms with Gasteiger partial charge in [-0.2, -0.15) is 4.98 Å². The number of rotatable bonds is 3. The highest BCUT2D eigenvalue weighted by molar-refractivity contribution is 6.05. The molecule has 0 atom stereocenters. The number of para-hydroxylation sites is 1. The molecule has 0 bridgehead atoms. The first-order valence-electron chi connectivity index (χ1n) is 6.89. The molecule has 0 radical (unpaired) electrons. The molecule has 0 fully saturated rings. The zero-order valence-electron chi connectivity index (χ0n) is 12.4. The molecule has 2 aromatic carbocycles. The van der Waals surface area contributed by atoms with Gasteiger partial charge in [-0.3, -0.25) is 4.79 Å². The van der Waals surface area contributed by atoms with Crippen molar-refractivity contribution in [1.29, 1.82) is 0 Å². The van der Waals surface area contributed by atoms with Gasteiger partial charge < -0.3 is 9.42 Å². The van der Waals surface area contributed by atoms with Crippen LogP contribution in [0.25, 0.3) is 11.5 Å². The van der Waals surface area contributed by atoms with Crippen molar-refractivity contribution in [3.8, 4) is 11.5 Å². The summed E-state index contributed by atoms with van der Waals surface area (Å²) < 4.78 is 5.11. The number of hydrogen-bond acceptors (Lipinski definition) is 4. The van der Waals surface area contributed by atoms with E-state index < -0.39 is 0 Å². The Morgan fingerprint density at radius 3 is 2.32 bits per heavy atom. The van der Waals surface area contributed by atoms with Gasteiger partial charge in [0.1, 0.15) is 0 Å². The molecule has 22 heavy (non-hydrogen) atoms. The smallest absolute Gasteiger partial charge is 0.258 e. The van der Waals surface area contributed by atoms with Crippen LogP contribution in [0.4, 0.5) is 5.69 Å². The third-order valence-electron chi connectivity index (χ3n) is 3.35. The summed E-state index contributed by atoms with van der Waals surface area (Å²) in [6.45, 7) is 1.76. The van der Waals surface area contributed by atoms with Gasteiger partial charge >= 0.3 is 0 Å². The second kappa shape index (κ2) is 5.81. The average molecular weight is 293 g/mol. The molecule has 0 saturated heterocycles. The van der Waals surface area contributed by atoms with Crippen molar-refractivity contribution in [3.63, 3.8) is 0 Å². The van der Waals surface area contributed by atoms with Crippen LogP contribution in [0.15, 0.2) is 59.1 Å². The first kappa shape index (κ1) is 14.0. The van der Waals surface area contributed by atoms with Gasteiger partial charge in [0.05, 0.1) is 0 Å². The first-order chi connectivity index (χ1) is 10.6. The standard InChI is InChI=1S/C17H15N3O2/c1-12-18-16(22-19-12)13-8-10-14(11-9-13)17(21)20(2)15-6-4-3-5-7-15/h3-11H,1-2H3. The van der Waals surface area contributed by atoms with Crippen LogP contribution in [-0.2, 0) is 0 Å². The Morgan fingerprint density at radius 1 is 1.05 bits per heavy atom. The van der Waals surface area contributed by atoms with Crippen molar-refractivity contribution in [2.45, 2.75) is 6.92 Å². The van der Waals surface area contributed by atoms with Crippen molar-refractivity contribution in [2.75, 3.05) is 11.9 Å². The Morgan fingerprint density at radius 2 is 1.73 bits per heavy atom. The minimum Gasteiger partial charge on any atom is -0.334 e. The molecule has 0 aliphatic rings. The van der Waals surface area contributed by atoms with E-state index in [0.29, 0.717) is 17.3 Å². The molecule has 3 aromatic rings.